The SMILES string of the molecule is Cc1nn(CC(=O)NCCNC(=O)c2nc(Cn3ccc([N+](=O)[O-])n3)no2)c(C)c1[N+](=O)[O-]. The van der Waals surface area contributed by atoms with Gasteiger partial charge in [0, 0.05) is 13.1 Å². The Morgan fingerprint density at radius 2 is 1.85 bits per heavy atom. The molecule has 3 rings (SSSR count). The quantitative estimate of drug-likeness (QED) is 0.222. The molecule has 0 radical (unpaired) electrons. The number of amides is 2. The maximum absolute atomic E-state index is 12.1. The van der Waals surface area contributed by atoms with Gasteiger partial charge in [-0.15, -0.1) is 0 Å². The molecular weight excluding hydrogens is 444 g/mol. The lowest BCUT2D eigenvalue weighted by molar-refractivity contribution is -0.389. The summed E-state index contributed by atoms with van der Waals surface area (Å²) in [4.78, 5) is 48.5. The second-order valence-electron chi connectivity index (χ2n) is 6.68. The highest BCUT2D eigenvalue weighted by atomic mass is 16.6. The molecule has 33 heavy (non-hydrogen) atoms. The van der Waals surface area contributed by atoms with Gasteiger partial charge in [-0.05, 0) is 18.8 Å². The largest absolute Gasteiger partial charge is 0.389 e. The van der Waals surface area contributed by atoms with E-state index in [0.29, 0.717) is 0 Å². The van der Waals surface area contributed by atoms with Gasteiger partial charge in [0.1, 0.15) is 24.5 Å². The standard InChI is InChI=1S/C16H18N10O7/c1-9-14(26(31)32)10(2)24(20-9)8-13(27)17-4-5-18-15(28)16-19-11(22-33-16)7-23-6-3-12(21-23)25(29)30/h3,6H,4-5,7-8H2,1-2H3,(H,17,27)(H,18,28). The first-order valence-corrected chi connectivity index (χ1v) is 9.39. The molecule has 3 aromatic rings. The third-order valence-corrected chi connectivity index (χ3v) is 4.33. The second kappa shape index (κ2) is 9.62. The molecule has 0 bridgehead atoms. The highest BCUT2D eigenvalue weighted by Crippen LogP contribution is 2.21. The van der Waals surface area contributed by atoms with E-state index in [1.165, 1.54) is 35.5 Å². The van der Waals surface area contributed by atoms with Gasteiger partial charge in [0.15, 0.2) is 5.82 Å². The van der Waals surface area contributed by atoms with Crippen LogP contribution in [0.4, 0.5) is 11.5 Å². The minimum absolute atomic E-state index is 0.0365. The van der Waals surface area contributed by atoms with E-state index in [2.05, 4.69) is 31.0 Å². The predicted molar refractivity (Wildman–Crippen MR) is 106 cm³/mol. The number of carbonyl (C=O) groups is 2. The summed E-state index contributed by atoms with van der Waals surface area (Å²) in [5.74, 6) is -1.70. The summed E-state index contributed by atoms with van der Waals surface area (Å²) in [6.07, 6.45) is 1.36. The van der Waals surface area contributed by atoms with Crippen LogP contribution in [0.1, 0.15) is 27.9 Å². The van der Waals surface area contributed by atoms with Gasteiger partial charge in [-0.3, -0.25) is 24.4 Å². The molecule has 3 heterocycles. The van der Waals surface area contributed by atoms with Crippen LogP contribution in [-0.4, -0.2) is 64.5 Å². The summed E-state index contributed by atoms with van der Waals surface area (Å²) in [7, 11) is 0. The molecule has 0 fully saturated rings. The molecule has 3 aromatic heterocycles. The van der Waals surface area contributed by atoms with Gasteiger partial charge in [0.05, 0.1) is 22.3 Å². The molecule has 0 aliphatic heterocycles. The zero-order valence-electron chi connectivity index (χ0n) is 17.4. The monoisotopic (exact) mass is 462 g/mol. The normalized spacial score (nSPS) is 10.7. The van der Waals surface area contributed by atoms with E-state index in [4.69, 9.17) is 4.52 Å². The summed E-state index contributed by atoms with van der Waals surface area (Å²) in [6, 6.07) is 1.21. The third-order valence-electron chi connectivity index (χ3n) is 4.33. The van der Waals surface area contributed by atoms with Crippen LogP contribution in [0.3, 0.4) is 0 Å². The minimum atomic E-state index is -0.677. The van der Waals surface area contributed by atoms with Crippen LogP contribution in [0.15, 0.2) is 16.8 Å². The van der Waals surface area contributed by atoms with Crippen LogP contribution in [0.25, 0.3) is 0 Å². The molecule has 0 aliphatic carbocycles. The number of nitro groups is 2. The summed E-state index contributed by atoms with van der Waals surface area (Å²) in [5.41, 5.74) is 0.333. The molecule has 0 aromatic carbocycles. The van der Waals surface area contributed by atoms with Crippen molar-refractivity contribution in [2.45, 2.75) is 26.9 Å². The van der Waals surface area contributed by atoms with E-state index < -0.39 is 21.7 Å². The number of nitrogens with zero attached hydrogens (tertiary/aromatic N) is 8. The Morgan fingerprint density at radius 3 is 2.48 bits per heavy atom. The van der Waals surface area contributed by atoms with E-state index in [1.54, 1.807) is 0 Å². The van der Waals surface area contributed by atoms with Crippen molar-refractivity contribution in [1.29, 1.82) is 0 Å². The Balaban J connectivity index is 1.43. The van der Waals surface area contributed by atoms with Gasteiger partial charge >= 0.3 is 23.3 Å². The predicted octanol–water partition coefficient (Wildman–Crippen LogP) is -0.510. The minimum Gasteiger partial charge on any atom is -0.358 e. The number of hydrogen-bond donors (Lipinski definition) is 2. The molecule has 174 valence electrons. The van der Waals surface area contributed by atoms with Crippen LogP contribution in [0.5, 0.6) is 0 Å². The van der Waals surface area contributed by atoms with Crippen LogP contribution in [0.2, 0.25) is 0 Å². The van der Waals surface area contributed by atoms with Crippen molar-refractivity contribution >= 4 is 23.3 Å². The molecule has 0 atom stereocenters. The van der Waals surface area contributed by atoms with E-state index >= 15 is 0 Å². The molecule has 0 saturated heterocycles. The fourth-order valence-corrected chi connectivity index (χ4v) is 2.84. The lowest BCUT2D eigenvalue weighted by Gasteiger charge is -2.06. The van der Waals surface area contributed by atoms with Crippen molar-refractivity contribution < 1.29 is 24.0 Å². The van der Waals surface area contributed by atoms with Crippen molar-refractivity contribution in [3.05, 3.63) is 55.6 Å². The van der Waals surface area contributed by atoms with Crippen LogP contribution in [0, 0.1) is 34.1 Å². The van der Waals surface area contributed by atoms with E-state index in [0.717, 1.165) is 0 Å². The van der Waals surface area contributed by atoms with Gasteiger partial charge in [0.2, 0.25) is 5.91 Å². The van der Waals surface area contributed by atoms with E-state index in [9.17, 15) is 29.8 Å². The highest BCUT2D eigenvalue weighted by Gasteiger charge is 2.23. The summed E-state index contributed by atoms with van der Waals surface area (Å²) >= 11 is 0. The first kappa shape index (κ1) is 23.0. The highest BCUT2D eigenvalue weighted by molar-refractivity contribution is 5.89. The molecule has 2 N–H and O–H groups in total. The second-order valence-corrected chi connectivity index (χ2v) is 6.68. The smallest absolute Gasteiger partial charge is 0.358 e. The number of carbonyl (C=O) groups excluding carboxylic acids is 2. The maximum Gasteiger partial charge on any atom is 0.389 e. The maximum atomic E-state index is 12.1. The van der Waals surface area contributed by atoms with Crippen molar-refractivity contribution in [3.63, 3.8) is 0 Å². The fraction of sp³-hybridized carbons (Fsp3) is 0.375. The molecule has 17 heteroatoms. The Hall–Kier alpha value is -4.70. The third kappa shape index (κ3) is 5.51. The molecule has 0 saturated carbocycles. The fourth-order valence-electron chi connectivity index (χ4n) is 2.84. The number of nitrogens with one attached hydrogen (secondary N) is 2. The van der Waals surface area contributed by atoms with E-state index in [-0.39, 0.29) is 60.8 Å². The van der Waals surface area contributed by atoms with Gasteiger partial charge in [-0.25, -0.2) is 0 Å². The Bertz CT molecular complexity index is 1210. The molecule has 0 unspecified atom stereocenters. The molecule has 17 nitrogen and oxygen atoms in total. The number of rotatable bonds is 10. The molecule has 0 spiro atoms. The Labute approximate surface area is 184 Å². The van der Waals surface area contributed by atoms with Gasteiger partial charge in [0.25, 0.3) is 0 Å². The average molecular weight is 462 g/mol. The Kier molecular flexibility index (Phi) is 6.70. The number of aryl methyl sites for hydroxylation is 1. The van der Waals surface area contributed by atoms with Crippen LogP contribution >= 0.6 is 0 Å². The van der Waals surface area contributed by atoms with Gasteiger partial charge in [-0.2, -0.15) is 14.8 Å². The number of aromatic nitrogens is 6. The summed E-state index contributed by atoms with van der Waals surface area (Å²) in [6.45, 7) is 2.85. The van der Waals surface area contributed by atoms with Crippen molar-refractivity contribution in [2.24, 2.45) is 0 Å². The molecule has 2 amide bonds. The zero-order valence-corrected chi connectivity index (χ0v) is 17.4. The summed E-state index contributed by atoms with van der Waals surface area (Å²) in [5, 5.41) is 38.0. The molecular formula is C16H18N10O7. The first-order valence-electron chi connectivity index (χ1n) is 9.39. The zero-order chi connectivity index (χ0) is 24.1. The first-order chi connectivity index (χ1) is 15.7. The summed E-state index contributed by atoms with van der Waals surface area (Å²) < 4.78 is 7.31. The van der Waals surface area contributed by atoms with Gasteiger partial charge in [-0.1, -0.05) is 5.16 Å². The topological polar surface area (TPSA) is 219 Å². The number of hydrogen-bond acceptors (Lipinski definition) is 11. The van der Waals surface area contributed by atoms with Crippen molar-refractivity contribution in [2.75, 3.05) is 13.1 Å². The Morgan fingerprint density at radius 1 is 1.12 bits per heavy atom. The average Bonchev–Trinajstić information content (AvgIpc) is 3.46. The van der Waals surface area contributed by atoms with Crippen molar-refractivity contribution in [1.82, 2.24) is 40.3 Å². The van der Waals surface area contributed by atoms with Gasteiger partial charge < -0.3 is 25.3 Å². The van der Waals surface area contributed by atoms with Crippen LogP contribution < -0.4 is 10.6 Å². The lowest BCUT2D eigenvalue weighted by atomic mass is 10.3. The molecule has 0 aliphatic rings. The van der Waals surface area contributed by atoms with E-state index in [1.807, 2.05) is 0 Å². The van der Waals surface area contributed by atoms with Crippen LogP contribution in [-0.2, 0) is 17.9 Å². The van der Waals surface area contributed by atoms with Crippen molar-refractivity contribution in [3.8, 4) is 0 Å². The lowest BCUT2D eigenvalue weighted by Crippen LogP contribution is -2.36.